The van der Waals surface area contributed by atoms with Gasteiger partial charge in [0.05, 0.1) is 6.61 Å². The lowest BCUT2D eigenvalue weighted by Gasteiger charge is -2.36. The van der Waals surface area contributed by atoms with Crippen molar-refractivity contribution in [3.8, 4) is 0 Å². The van der Waals surface area contributed by atoms with Crippen LogP contribution in [0.2, 0.25) is 0 Å². The first-order valence-electron chi connectivity index (χ1n) is 6.18. The Balaban J connectivity index is 2.52. The Morgan fingerprint density at radius 2 is 2.24 bits per heavy atom. The van der Waals surface area contributed by atoms with Crippen LogP contribution >= 0.6 is 0 Å². The highest BCUT2D eigenvalue weighted by Crippen LogP contribution is 2.20. The second-order valence-electron chi connectivity index (χ2n) is 5.68. The molecule has 1 amide bonds. The summed E-state index contributed by atoms with van der Waals surface area (Å²) in [6, 6.07) is -0.250. The molecule has 0 bridgehead atoms. The van der Waals surface area contributed by atoms with Gasteiger partial charge in [-0.1, -0.05) is 0 Å². The van der Waals surface area contributed by atoms with Crippen LogP contribution in [0.3, 0.4) is 0 Å². The Kier molecular flexibility index (Phi) is 4.77. The average Bonchev–Trinajstić information content (AvgIpc) is 2.26. The maximum atomic E-state index is 11.9. The fourth-order valence-electron chi connectivity index (χ4n) is 2.00. The highest BCUT2D eigenvalue weighted by atomic mass is 16.6. The van der Waals surface area contributed by atoms with Crippen molar-refractivity contribution in [3.63, 3.8) is 0 Å². The summed E-state index contributed by atoms with van der Waals surface area (Å²) < 4.78 is 5.32. The summed E-state index contributed by atoms with van der Waals surface area (Å²) in [6.07, 6.45) is 1.59. The van der Waals surface area contributed by atoms with E-state index in [0.29, 0.717) is 13.1 Å². The average molecular weight is 244 g/mol. The third-order valence-corrected chi connectivity index (χ3v) is 2.93. The number of carbonyl (C=O) groups is 1. The molecule has 1 heterocycles. The zero-order chi connectivity index (χ0) is 13.1. The van der Waals surface area contributed by atoms with Gasteiger partial charge in [-0.05, 0) is 39.5 Å². The van der Waals surface area contributed by atoms with Gasteiger partial charge in [0.15, 0.2) is 0 Å². The molecule has 0 spiro atoms. The third kappa shape index (κ3) is 4.52. The van der Waals surface area contributed by atoms with Gasteiger partial charge in [-0.25, -0.2) is 4.79 Å². The normalized spacial score (nSPS) is 23.4. The summed E-state index contributed by atoms with van der Waals surface area (Å²) in [5, 5.41) is 9.04. The number of hydrogen-bond donors (Lipinski definition) is 2. The molecular weight excluding hydrogens is 220 g/mol. The number of likely N-dealkylation sites (tertiary alicyclic amines) is 1. The lowest BCUT2D eigenvalue weighted by molar-refractivity contribution is 0.0139. The number of ether oxygens (including phenoxy) is 1. The Bertz CT molecular complexity index is 263. The summed E-state index contributed by atoms with van der Waals surface area (Å²) in [6.45, 7) is 6.82. The smallest absolute Gasteiger partial charge is 0.410 e. The van der Waals surface area contributed by atoms with Gasteiger partial charge in [-0.2, -0.15) is 0 Å². The molecular formula is C12H24N2O3. The fourth-order valence-corrected chi connectivity index (χ4v) is 2.00. The maximum absolute atomic E-state index is 11.9. The molecule has 17 heavy (non-hydrogen) atoms. The van der Waals surface area contributed by atoms with E-state index >= 15 is 0 Å². The molecule has 100 valence electrons. The van der Waals surface area contributed by atoms with E-state index in [0.717, 1.165) is 12.8 Å². The van der Waals surface area contributed by atoms with Crippen molar-refractivity contribution in [2.75, 3.05) is 19.7 Å². The summed E-state index contributed by atoms with van der Waals surface area (Å²) >= 11 is 0. The number of nitrogens with two attached hydrogens (primary N) is 1. The maximum Gasteiger partial charge on any atom is 0.410 e. The second kappa shape index (κ2) is 5.69. The molecule has 1 aliphatic heterocycles. The topological polar surface area (TPSA) is 75.8 Å². The van der Waals surface area contributed by atoms with Crippen LogP contribution in [0.5, 0.6) is 0 Å². The number of carbonyl (C=O) groups excluding carboxylic acids is 1. The largest absolute Gasteiger partial charge is 0.444 e. The van der Waals surface area contributed by atoms with E-state index < -0.39 is 5.60 Å². The summed E-state index contributed by atoms with van der Waals surface area (Å²) in [4.78, 5) is 13.6. The summed E-state index contributed by atoms with van der Waals surface area (Å²) in [5.74, 6) is 0.168. The molecule has 0 unspecified atom stereocenters. The van der Waals surface area contributed by atoms with E-state index in [9.17, 15) is 4.79 Å². The minimum absolute atomic E-state index is 0.0349. The number of amides is 1. The molecule has 5 heteroatoms. The Hall–Kier alpha value is -0.810. The van der Waals surface area contributed by atoms with Crippen LogP contribution < -0.4 is 5.73 Å². The molecule has 0 aliphatic carbocycles. The summed E-state index contributed by atoms with van der Waals surface area (Å²) in [5.41, 5.74) is 5.34. The van der Waals surface area contributed by atoms with Gasteiger partial charge in [-0.15, -0.1) is 0 Å². The van der Waals surface area contributed by atoms with Crippen molar-refractivity contribution >= 4 is 6.09 Å². The van der Waals surface area contributed by atoms with Gasteiger partial charge in [0, 0.05) is 19.1 Å². The Labute approximate surface area is 103 Å². The molecule has 0 aromatic carbocycles. The van der Waals surface area contributed by atoms with Crippen LogP contribution in [0.1, 0.15) is 33.6 Å². The zero-order valence-electron chi connectivity index (χ0n) is 11.0. The van der Waals surface area contributed by atoms with Crippen LogP contribution in [-0.2, 0) is 4.74 Å². The van der Waals surface area contributed by atoms with Crippen molar-refractivity contribution in [2.45, 2.75) is 45.3 Å². The number of hydrogen-bond acceptors (Lipinski definition) is 4. The third-order valence-electron chi connectivity index (χ3n) is 2.93. The quantitative estimate of drug-likeness (QED) is 0.758. The van der Waals surface area contributed by atoms with E-state index in [1.54, 1.807) is 4.90 Å². The highest BCUT2D eigenvalue weighted by Gasteiger charge is 2.29. The SMILES string of the molecule is CC(C)(C)OC(=O)N1CCC[C@@H]([C@H](N)CO)C1. The van der Waals surface area contributed by atoms with E-state index in [1.807, 2.05) is 20.8 Å². The predicted octanol–water partition coefficient (Wildman–Crippen LogP) is 0.953. The lowest BCUT2D eigenvalue weighted by Crippen LogP contribution is -2.48. The fraction of sp³-hybridized carbons (Fsp3) is 0.917. The molecule has 1 saturated heterocycles. The van der Waals surface area contributed by atoms with Gasteiger partial charge < -0.3 is 20.5 Å². The molecule has 2 atom stereocenters. The minimum atomic E-state index is -0.469. The van der Waals surface area contributed by atoms with Crippen LogP contribution in [0, 0.1) is 5.92 Å². The number of aliphatic hydroxyl groups excluding tert-OH is 1. The lowest BCUT2D eigenvalue weighted by atomic mass is 9.92. The molecule has 0 aromatic heterocycles. The number of nitrogens with zero attached hydrogens (tertiary/aromatic N) is 1. The van der Waals surface area contributed by atoms with Crippen molar-refractivity contribution in [3.05, 3.63) is 0 Å². The minimum Gasteiger partial charge on any atom is -0.444 e. The molecule has 0 saturated carbocycles. The molecule has 5 nitrogen and oxygen atoms in total. The van der Waals surface area contributed by atoms with Gasteiger partial charge in [0.25, 0.3) is 0 Å². The van der Waals surface area contributed by atoms with Crippen LogP contribution in [0.15, 0.2) is 0 Å². The number of aliphatic hydroxyl groups is 1. The number of piperidine rings is 1. The standard InChI is InChI=1S/C12H24N2O3/c1-12(2,3)17-11(16)14-6-4-5-9(7-14)10(13)8-15/h9-10,15H,4-8,13H2,1-3H3/t9-,10-/m1/s1. The highest BCUT2D eigenvalue weighted by molar-refractivity contribution is 5.68. The predicted molar refractivity (Wildman–Crippen MR) is 65.6 cm³/mol. The summed E-state index contributed by atoms with van der Waals surface area (Å²) in [7, 11) is 0. The van der Waals surface area contributed by atoms with Crippen molar-refractivity contribution < 1.29 is 14.6 Å². The van der Waals surface area contributed by atoms with Crippen LogP contribution in [0.4, 0.5) is 4.79 Å². The molecule has 3 N–H and O–H groups in total. The van der Waals surface area contributed by atoms with Gasteiger partial charge in [0.2, 0.25) is 0 Å². The first kappa shape index (κ1) is 14.3. The van der Waals surface area contributed by atoms with E-state index in [1.165, 1.54) is 0 Å². The Morgan fingerprint density at radius 1 is 1.59 bits per heavy atom. The van der Waals surface area contributed by atoms with E-state index in [-0.39, 0.29) is 24.7 Å². The zero-order valence-corrected chi connectivity index (χ0v) is 11.0. The van der Waals surface area contributed by atoms with Gasteiger partial charge in [-0.3, -0.25) is 0 Å². The van der Waals surface area contributed by atoms with E-state index in [2.05, 4.69) is 0 Å². The Morgan fingerprint density at radius 3 is 2.76 bits per heavy atom. The second-order valence-corrected chi connectivity index (χ2v) is 5.68. The molecule has 1 fully saturated rings. The molecule has 1 rings (SSSR count). The first-order valence-corrected chi connectivity index (χ1v) is 6.18. The molecule has 0 aromatic rings. The van der Waals surface area contributed by atoms with Crippen LogP contribution in [0.25, 0.3) is 0 Å². The van der Waals surface area contributed by atoms with E-state index in [4.69, 9.17) is 15.6 Å². The van der Waals surface area contributed by atoms with Crippen molar-refractivity contribution in [1.29, 1.82) is 0 Å². The van der Waals surface area contributed by atoms with Crippen molar-refractivity contribution in [2.24, 2.45) is 11.7 Å². The molecule has 1 aliphatic rings. The molecule has 0 radical (unpaired) electrons. The first-order chi connectivity index (χ1) is 7.83. The van der Waals surface area contributed by atoms with Gasteiger partial charge in [0.1, 0.15) is 5.60 Å². The monoisotopic (exact) mass is 244 g/mol. The van der Waals surface area contributed by atoms with Crippen LogP contribution in [-0.4, -0.2) is 47.4 Å². The van der Waals surface area contributed by atoms with Gasteiger partial charge >= 0.3 is 6.09 Å². The van der Waals surface area contributed by atoms with Crippen molar-refractivity contribution in [1.82, 2.24) is 4.90 Å². The number of rotatable bonds is 2.